The Morgan fingerprint density at radius 1 is 1.23 bits per heavy atom. The lowest BCUT2D eigenvalue weighted by atomic mass is 10.4. The molecule has 2 aromatic heterocycles. The van der Waals surface area contributed by atoms with E-state index in [0.29, 0.717) is 16.5 Å². The molecule has 0 aliphatic rings. The molecule has 0 bridgehead atoms. The third kappa shape index (κ3) is 2.83. The van der Waals surface area contributed by atoms with E-state index in [-0.39, 0.29) is 11.4 Å². The van der Waals surface area contributed by atoms with E-state index in [2.05, 4.69) is 14.7 Å². The second-order valence-corrected chi connectivity index (χ2v) is 6.92. The summed E-state index contributed by atoms with van der Waals surface area (Å²) in [5.74, 6) is 0.589. The van der Waals surface area contributed by atoms with Crippen LogP contribution in [0.25, 0.3) is 11.2 Å². The van der Waals surface area contributed by atoms with Crippen molar-refractivity contribution in [1.29, 1.82) is 0 Å². The molecule has 0 saturated heterocycles. The third-order valence-electron chi connectivity index (χ3n) is 3.26. The van der Waals surface area contributed by atoms with Crippen LogP contribution in [-0.2, 0) is 23.6 Å². The van der Waals surface area contributed by atoms with Crippen LogP contribution in [0.4, 0.5) is 0 Å². The molecule has 114 valence electrons. The zero-order valence-corrected chi connectivity index (χ0v) is 13.3. The summed E-state index contributed by atoms with van der Waals surface area (Å²) >= 11 is 5.77. The van der Waals surface area contributed by atoms with Crippen LogP contribution in [0.15, 0.2) is 47.5 Å². The summed E-state index contributed by atoms with van der Waals surface area (Å²) < 4.78 is 28.8. The van der Waals surface area contributed by atoms with Crippen molar-refractivity contribution in [2.75, 3.05) is 0 Å². The van der Waals surface area contributed by atoms with Crippen molar-refractivity contribution in [3.05, 3.63) is 53.4 Å². The summed E-state index contributed by atoms with van der Waals surface area (Å²) in [5.41, 5.74) is 1.44. The molecule has 0 saturated carbocycles. The normalized spacial score (nSPS) is 11.9. The lowest BCUT2D eigenvalue weighted by Gasteiger charge is -2.07. The molecular weight excluding hydrogens is 324 g/mol. The van der Waals surface area contributed by atoms with E-state index >= 15 is 0 Å². The zero-order valence-electron chi connectivity index (χ0n) is 11.7. The van der Waals surface area contributed by atoms with E-state index in [9.17, 15) is 8.42 Å². The molecule has 8 heteroatoms. The number of rotatable bonds is 4. The van der Waals surface area contributed by atoms with Gasteiger partial charge < -0.3 is 4.57 Å². The molecule has 0 atom stereocenters. The highest BCUT2D eigenvalue weighted by Gasteiger charge is 2.16. The van der Waals surface area contributed by atoms with Crippen molar-refractivity contribution < 1.29 is 8.42 Å². The number of aromatic nitrogens is 3. The van der Waals surface area contributed by atoms with Crippen LogP contribution < -0.4 is 4.72 Å². The van der Waals surface area contributed by atoms with E-state index in [4.69, 9.17) is 11.6 Å². The number of hydrogen-bond acceptors (Lipinski definition) is 4. The summed E-state index contributed by atoms with van der Waals surface area (Å²) in [6.45, 7) is 0.0812. The van der Waals surface area contributed by atoms with E-state index in [1.54, 1.807) is 23.9 Å². The molecule has 0 radical (unpaired) electrons. The first-order valence-corrected chi connectivity index (χ1v) is 8.35. The number of pyridine rings is 1. The van der Waals surface area contributed by atoms with Gasteiger partial charge in [0.25, 0.3) is 0 Å². The number of benzene rings is 1. The number of aryl methyl sites for hydroxylation is 1. The molecule has 0 amide bonds. The summed E-state index contributed by atoms with van der Waals surface area (Å²) in [7, 11) is -1.81. The topological polar surface area (TPSA) is 76.9 Å². The van der Waals surface area contributed by atoms with Crippen LogP contribution in [0, 0.1) is 0 Å². The minimum absolute atomic E-state index is 0.0812. The fourth-order valence-electron chi connectivity index (χ4n) is 2.09. The van der Waals surface area contributed by atoms with Crippen molar-refractivity contribution >= 4 is 32.8 Å². The Labute approximate surface area is 132 Å². The van der Waals surface area contributed by atoms with Gasteiger partial charge in [-0.05, 0) is 36.4 Å². The summed E-state index contributed by atoms with van der Waals surface area (Å²) in [5, 5.41) is 0.486. The first-order valence-electron chi connectivity index (χ1n) is 6.49. The van der Waals surface area contributed by atoms with Gasteiger partial charge in [-0.3, -0.25) is 0 Å². The Morgan fingerprint density at radius 3 is 2.64 bits per heavy atom. The maximum absolute atomic E-state index is 12.2. The Kier molecular flexibility index (Phi) is 3.86. The van der Waals surface area contributed by atoms with E-state index in [1.807, 2.05) is 6.07 Å². The highest BCUT2D eigenvalue weighted by atomic mass is 35.5. The van der Waals surface area contributed by atoms with Gasteiger partial charge in [0.15, 0.2) is 5.65 Å². The molecular formula is C14H13ClN4O2S. The molecule has 0 aliphatic heterocycles. The second-order valence-electron chi connectivity index (χ2n) is 4.71. The van der Waals surface area contributed by atoms with E-state index in [0.717, 1.165) is 5.52 Å². The van der Waals surface area contributed by atoms with Gasteiger partial charge >= 0.3 is 0 Å². The average molecular weight is 337 g/mol. The van der Waals surface area contributed by atoms with Gasteiger partial charge in [-0.15, -0.1) is 0 Å². The van der Waals surface area contributed by atoms with Crippen molar-refractivity contribution in [2.24, 2.45) is 7.05 Å². The number of nitrogens with one attached hydrogen (secondary N) is 1. The summed E-state index contributed by atoms with van der Waals surface area (Å²) in [6, 6.07) is 9.61. The monoisotopic (exact) mass is 336 g/mol. The predicted octanol–water partition coefficient (Wildman–Crippen LogP) is 2.10. The number of nitrogens with zero attached hydrogens (tertiary/aromatic N) is 3. The summed E-state index contributed by atoms with van der Waals surface area (Å²) in [4.78, 5) is 8.76. The Bertz CT molecular complexity index is 920. The number of fused-ring (bicyclic) bond motifs is 1. The SMILES string of the molecule is Cn1c(CNS(=O)(=O)c2ccc(Cl)cc2)nc2cccnc21. The molecule has 1 aromatic carbocycles. The molecule has 0 spiro atoms. The molecule has 3 rings (SSSR count). The minimum Gasteiger partial charge on any atom is -0.315 e. The maximum atomic E-state index is 12.2. The highest BCUT2D eigenvalue weighted by molar-refractivity contribution is 7.89. The average Bonchev–Trinajstić information content (AvgIpc) is 2.83. The van der Waals surface area contributed by atoms with Crippen LogP contribution in [0.1, 0.15) is 5.82 Å². The van der Waals surface area contributed by atoms with Gasteiger partial charge in [0.05, 0.1) is 11.4 Å². The van der Waals surface area contributed by atoms with Gasteiger partial charge in [0, 0.05) is 18.3 Å². The van der Waals surface area contributed by atoms with Crippen LogP contribution >= 0.6 is 11.6 Å². The first kappa shape index (κ1) is 15.0. The largest absolute Gasteiger partial charge is 0.315 e. The van der Waals surface area contributed by atoms with Crippen molar-refractivity contribution in [3.8, 4) is 0 Å². The smallest absolute Gasteiger partial charge is 0.240 e. The Balaban J connectivity index is 1.84. The fraction of sp³-hybridized carbons (Fsp3) is 0.143. The van der Waals surface area contributed by atoms with E-state index < -0.39 is 10.0 Å². The van der Waals surface area contributed by atoms with Crippen molar-refractivity contribution in [1.82, 2.24) is 19.3 Å². The van der Waals surface area contributed by atoms with Crippen LogP contribution in [-0.4, -0.2) is 23.0 Å². The molecule has 1 N–H and O–H groups in total. The molecule has 3 aromatic rings. The van der Waals surface area contributed by atoms with Gasteiger partial charge in [0.1, 0.15) is 11.3 Å². The molecule has 0 fully saturated rings. The third-order valence-corrected chi connectivity index (χ3v) is 4.93. The maximum Gasteiger partial charge on any atom is 0.240 e. The van der Waals surface area contributed by atoms with Gasteiger partial charge in [0.2, 0.25) is 10.0 Å². The van der Waals surface area contributed by atoms with Gasteiger partial charge in [-0.25, -0.2) is 23.1 Å². The zero-order chi connectivity index (χ0) is 15.7. The number of hydrogen-bond donors (Lipinski definition) is 1. The van der Waals surface area contributed by atoms with Crippen LogP contribution in [0.5, 0.6) is 0 Å². The minimum atomic E-state index is -3.61. The van der Waals surface area contributed by atoms with Gasteiger partial charge in [-0.2, -0.15) is 0 Å². The van der Waals surface area contributed by atoms with Crippen molar-refractivity contribution in [3.63, 3.8) is 0 Å². The quantitative estimate of drug-likeness (QED) is 0.791. The Hall–Kier alpha value is -1.96. The highest BCUT2D eigenvalue weighted by Crippen LogP contribution is 2.15. The molecule has 2 heterocycles. The van der Waals surface area contributed by atoms with Crippen LogP contribution in [0.2, 0.25) is 5.02 Å². The molecule has 0 unspecified atom stereocenters. The molecule has 22 heavy (non-hydrogen) atoms. The predicted molar refractivity (Wildman–Crippen MR) is 84.0 cm³/mol. The molecule has 6 nitrogen and oxygen atoms in total. The van der Waals surface area contributed by atoms with Gasteiger partial charge in [-0.1, -0.05) is 11.6 Å². The standard InChI is InChI=1S/C14H13ClN4O2S/c1-19-13(18-12-3-2-8-16-14(12)19)9-17-22(20,21)11-6-4-10(15)5-7-11/h2-8,17H,9H2,1H3. The lowest BCUT2D eigenvalue weighted by molar-refractivity contribution is 0.578. The Morgan fingerprint density at radius 2 is 1.95 bits per heavy atom. The number of halogens is 1. The fourth-order valence-corrected chi connectivity index (χ4v) is 3.19. The molecule has 0 aliphatic carbocycles. The van der Waals surface area contributed by atoms with Crippen LogP contribution in [0.3, 0.4) is 0 Å². The lowest BCUT2D eigenvalue weighted by Crippen LogP contribution is -2.24. The number of sulfonamides is 1. The second kappa shape index (κ2) is 5.68. The first-order chi connectivity index (χ1) is 10.5. The van der Waals surface area contributed by atoms with Crippen molar-refractivity contribution in [2.45, 2.75) is 11.4 Å². The summed E-state index contributed by atoms with van der Waals surface area (Å²) in [6.07, 6.45) is 1.67. The van der Waals surface area contributed by atoms with E-state index in [1.165, 1.54) is 24.3 Å². The number of imidazole rings is 1.